The van der Waals surface area contributed by atoms with Crippen LogP contribution in [0.4, 0.5) is 0 Å². The van der Waals surface area contributed by atoms with E-state index in [1.54, 1.807) is 12.5 Å². The summed E-state index contributed by atoms with van der Waals surface area (Å²) < 4.78 is 2.94. The van der Waals surface area contributed by atoms with Crippen molar-refractivity contribution in [3.8, 4) is 11.3 Å². The summed E-state index contributed by atoms with van der Waals surface area (Å²) in [6.45, 7) is 4.50. The zero-order chi connectivity index (χ0) is 17.8. The lowest BCUT2D eigenvalue weighted by molar-refractivity contribution is 0.0935. The lowest BCUT2D eigenvalue weighted by Gasteiger charge is -2.15. The van der Waals surface area contributed by atoms with Gasteiger partial charge in [0, 0.05) is 35.0 Å². The topological polar surface area (TPSA) is 59.8 Å². The average molecular weight is 399 g/mol. The first-order chi connectivity index (χ1) is 12.0. The standard InChI is InChI=1S/C19H19BrN4O/c1-13(11-24-9-8-21-12-24)22-19(25)17-6-7-18(23-14(17)2)15-4-3-5-16(20)10-15/h3-10,12-13H,11H2,1-2H3,(H,22,25). The van der Waals surface area contributed by atoms with E-state index in [-0.39, 0.29) is 11.9 Å². The van der Waals surface area contributed by atoms with Gasteiger partial charge in [-0.15, -0.1) is 0 Å². The highest BCUT2D eigenvalue weighted by molar-refractivity contribution is 9.10. The molecule has 0 bridgehead atoms. The highest BCUT2D eigenvalue weighted by Gasteiger charge is 2.14. The lowest BCUT2D eigenvalue weighted by Crippen LogP contribution is -2.35. The molecule has 0 aliphatic heterocycles. The third kappa shape index (κ3) is 4.33. The minimum atomic E-state index is -0.113. The van der Waals surface area contributed by atoms with Crippen molar-refractivity contribution in [1.29, 1.82) is 0 Å². The summed E-state index contributed by atoms with van der Waals surface area (Å²) in [5, 5.41) is 3.01. The summed E-state index contributed by atoms with van der Waals surface area (Å²) >= 11 is 3.47. The Morgan fingerprint density at radius 3 is 2.84 bits per heavy atom. The van der Waals surface area contributed by atoms with E-state index in [0.29, 0.717) is 17.8 Å². The van der Waals surface area contributed by atoms with Crippen molar-refractivity contribution in [3.05, 3.63) is 70.8 Å². The molecular formula is C19H19BrN4O. The van der Waals surface area contributed by atoms with Crippen LogP contribution in [0.5, 0.6) is 0 Å². The third-order valence-electron chi connectivity index (χ3n) is 3.87. The van der Waals surface area contributed by atoms with Gasteiger partial charge in [0.1, 0.15) is 0 Å². The average Bonchev–Trinajstić information content (AvgIpc) is 3.07. The zero-order valence-corrected chi connectivity index (χ0v) is 15.7. The maximum Gasteiger partial charge on any atom is 0.253 e. The zero-order valence-electron chi connectivity index (χ0n) is 14.1. The number of carbonyl (C=O) groups excluding carboxylic acids is 1. The first kappa shape index (κ1) is 17.4. The second-order valence-corrected chi connectivity index (χ2v) is 6.89. The maximum absolute atomic E-state index is 12.5. The maximum atomic E-state index is 12.5. The molecule has 6 heteroatoms. The monoisotopic (exact) mass is 398 g/mol. The second-order valence-electron chi connectivity index (χ2n) is 5.97. The molecule has 0 fully saturated rings. The van der Waals surface area contributed by atoms with Gasteiger partial charge in [-0.3, -0.25) is 9.78 Å². The number of halogens is 1. The Morgan fingerprint density at radius 2 is 2.16 bits per heavy atom. The van der Waals surface area contributed by atoms with E-state index >= 15 is 0 Å². The van der Waals surface area contributed by atoms with Gasteiger partial charge in [0.05, 0.1) is 23.3 Å². The van der Waals surface area contributed by atoms with Gasteiger partial charge in [0.15, 0.2) is 0 Å². The SMILES string of the molecule is Cc1nc(-c2cccc(Br)c2)ccc1C(=O)NC(C)Cn1ccnc1. The molecule has 2 heterocycles. The van der Waals surface area contributed by atoms with E-state index in [2.05, 4.69) is 31.2 Å². The van der Waals surface area contributed by atoms with Gasteiger partial charge in [0.2, 0.25) is 0 Å². The molecular weight excluding hydrogens is 380 g/mol. The molecule has 3 aromatic rings. The van der Waals surface area contributed by atoms with E-state index in [0.717, 1.165) is 15.7 Å². The van der Waals surface area contributed by atoms with Gasteiger partial charge in [-0.25, -0.2) is 4.98 Å². The van der Waals surface area contributed by atoms with E-state index < -0.39 is 0 Å². The van der Waals surface area contributed by atoms with Gasteiger partial charge < -0.3 is 9.88 Å². The van der Waals surface area contributed by atoms with Crippen molar-refractivity contribution in [2.24, 2.45) is 0 Å². The van der Waals surface area contributed by atoms with Crippen LogP contribution in [0, 0.1) is 6.92 Å². The Bertz CT molecular complexity index is 877. The number of rotatable bonds is 5. The van der Waals surface area contributed by atoms with E-state index in [1.807, 2.05) is 61.0 Å². The van der Waals surface area contributed by atoms with Crippen molar-refractivity contribution >= 4 is 21.8 Å². The molecule has 1 atom stereocenters. The Hall–Kier alpha value is -2.47. The Balaban J connectivity index is 1.73. The van der Waals surface area contributed by atoms with E-state index in [9.17, 15) is 4.79 Å². The number of nitrogens with zero attached hydrogens (tertiary/aromatic N) is 3. The fourth-order valence-electron chi connectivity index (χ4n) is 2.67. The van der Waals surface area contributed by atoms with Gasteiger partial charge in [-0.05, 0) is 38.1 Å². The fourth-order valence-corrected chi connectivity index (χ4v) is 3.07. The number of aryl methyl sites for hydroxylation is 1. The molecule has 3 rings (SSSR count). The molecule has 0 aliphatic carbocycles. The molecule has 1 aromatic carbocycles. The highest BCUT2D eigenvalue weighted by Crippen LogP contribution is 2.22. The molecule has 1 unspecified atom stereocenters. The van der Waals surface area contributed by atoms with E-state index in [1.165, 1.54) is 0 Å². The molecule has 0 radical (unpaired) electrons. The molecule has 2 aromatic heterocycles. The number of carbonyl (C=O) groups is 1. The summed E-state index contributed by atoms with van der Waals surface area (Å²) in [7, 11) is 0. The quantitative estimate of drug-likeness (QED) is 0.710. The molecule has 5 nitrogen and oxygen atoms in total. The number of benzene rings is 1. The first-order valence-electron chi connectivity index (χ1n) is 8.03. The number of hydrogen-bond donors (Lipinski definition) is 1. The number of hydrogen-bond acceptors (Lipinski definition) is 3. The van der Waals surface area contributed by atoms with Crippen LogP contribution in [0.25, 0.3) is 11.3 Å². The van der Waals surface area contributed by atoms with Crippen molar-refractivity contribution in [3.63, 3.8) is 0 Å². The molecule has 0 saturated carbocycles. The number of aromatic nitrogens is 3. The predicted molar refractivity (Wildman–Crippen MR) is 101 cm³/mol. The second kappa shape index (κ2) is 7.61. The molecule has 0 saturated heterocycles. The highest BCUT2D eigenvalue weighted by atomic mass is 79.9. The van der Waals surface area contributed by atoms with Crippen LogP contribution in [0.15, 0.2) is 59.6 Å². The molecule has 0 spiro atoms. The summed E-state index contributed by atoms with van der Waals surface area (Å²) in [6.07, 6.45) is 5.34. The van der Waals surface area contributed by atoms with Gasteiger partial charge in [-0.1, -0.05) is 28.1 Å². The van der Waals surface area contributed by atoms with Crippen LogP contribution in [0.2, 0.25) is 0 Å². The van der Waals surface area contributed by atoms with Gasteiger partial charge in [-0.2, -0.15) is 0 Å². The Kier molecular flexibility index (Phi) is 5.28. The van der Waals surface area contributed by atoms with Gasteiger partial charge >= 0.3 is 0 Å². The summed E-state index contributed by atoms with van der Waals surface area (Å²) in [5.41, 5.74) is 3.17. The minimum Gasteiger partial charge on any atom is -0.348 e. The number of nitrogens with one attached hydrogen (secondary N) is 1. The van der Waals surface area contributed by atoms with Crippen LogP contribution in [0.3, 0.4) is 0 Å². The summed E-state index contributed by atoms with van der Waals surface area (Å²) in [5.74, 6) is -0.113. The van der Waals surface area contributed by atoms with Crippen molar-refractivity contribution in [1.82, 2.24) is 19.9 Å². The summed E-state index contributed by atoms with van der Waals surface area (Å²) in [6, 6.07) is 11.6. The van der Waals surface area contributed by atoms with Crippen LogP contribution >= 0.6 is 15.9 Å². The lowest BCUT2D eigenvalue weighted by atomic mass is 10.1. The molecule has 25 heavy (non-hydrogen) atoms. The van der Waals surface area contributed by atoms with Crippen molar-refractivity contribution in [2.75, 3.05) is 0 Å². The Labute approximate surface area is 155 Å². The molecule has 128 valence electrons. The molecule has 0 aliphatic rings. The van der Waals surface area contributed by atoms with Crippen LogP contribution in [-0.4, -0.2) is 26.5 Å². The first-order valence-corrected chi connectivity index (χ1v) is 8.82. The number of pyridine rings is 1. The van der Waals surface area contributed by atoms with Crippen LogP contribution < -0.4 is 5.32 Å². The Morgan fingerprint density at radius 1 is 1.32 bits per heavy atom. The molecule has 1 amide bonds. The fraction of sp³-hybridized carbons (Fsp3) is 0.211. The van der Waals surface area contributed by atoms with Crippen LogP contribution in [0.1, 0.15) is 23.0 Å². The molecule has 1 N–H and O–H groups in total. The predicted octanol–water partition coefficient (Wildman–Crippen LogP) is 3.83. The van der Waals surface area contributed by atoms with Crippen molar-refractivity contribution < 1.29 is 4.79 Å². The van der Waals surface area contributed by atoms with Gasteiger partial charge in [0.25, 0.3) is 5.91 Å². The van der Waals surface area contributed by atoms with Crippen LogP contribution in [-0.2, 0) is 6.54 Å². The largest absolute Gasteiger partial charge is 0.348 e. The smallest absolute Gasteiger partial charge is 0.253 e. The van der Waals surface area contributed by atoms with Crippen molar-refractivity contribution in [2.45, 2.75) is 26.4 Å². The number of imidazole rings is 1. The third-order valence-corrected chi connectivity index (χ3v) is 4.37. The number of amides is 1. The minimum absolute atomic E-state index is 0.00847. The normalized spacial score (nSPS) is 12.0. The van der Waals surface area contributed by atoms with E-state index in [4.69, 9.17) is 0 Å². The summed E-state index contributed by atoms with van der Waals surface area (Å²) in [4.78, 5) is 21.1.